The minimum atomic E-state index is -3.62. The molecule has 0 fully saturated rings. The van der Waals surface area contributed by atoms with E-state index in [1.54, 1.807) is 13.8 Å². The highest BCUT2D eigenvalue weighted by Gasteiger charge is 2.27. The lowest BCUT2D eigenvalue weighted by Gasteiger charge is -2.13. The lowest BCUT2D eigenvalue weighted by molar-refractivity contribution is -0.135. The fourth-order valence-electron chi connectivity index (χ4n) is 0.464. The SMILES string of the molecule is CCOP(=O)(OC)OC(=O)CC. The minimum absolute atomic E-state index is 0.139. The molecule has 0 saturated carbocycles. The molecule has 1 atom stereocenters. The Bertz CT molecular complexity index is 190. The van der Waals surface area contributed by atoms with Crippen LogP contribution < -0.4 is 0 Å². The lowest BCUT2D eigenvalue weighted by atomic mass is 10.5. The van der Waals surface area contributed by atoms with Crippen molar-refractivity contribution in [2.75, 3.05) is 13.7 Å². The van der Waals surface area contributed by atoms with Crippen LogP contribution in [0.1, 0.15) is 20.3 Å². The van der Waals surface area contributed by atoms with Crippen molar-refractivity contribution in [3.8, 4) is 0 Å². The van der Waals surface area contributed by atoms with E-state index in [4.69, 9.17) is 0 Å². The van der Waals surface area contributed by atoms with Gasteiger partial charge in [-0.2, -0.15) is 0 Å². The third-order valence-electron chi connectivity index (χ3n) is 1.01. The van der Waals surface area contributed by atoms with E-state index in [0.717, 1.165) is 0 Å². The van der Waals surface area contributed by atoms with Gasteiger partial charge in [0, 0.05) is 13.5 Å². The molecule has 0 heterocycles. The highest BCUT2D eigenvalue weighted by molar-refractivity contribution is 7.49. The summed E-state index contributed by atoms with van der Waals surface area (Å²) in [5.74, 6) is -0.603. The maximum Gasteiger partial charge on any atom is 0.531 e. The van der Waals surface area contributed by atoms with Crippen molar-refractivity contribution in [2.45, 2.75) is 20.3 Å². The molecule has 0 aliphatic heterocycles. The molecule has 0 aromatic carbocycles. The molecule has 0 spiro atoms. The summed E-state index contributed by atoms with van der Waals surface area (Å²) in [4.78, 5) is 10.7. The van der Waals surface area contributed by atoms with Crippen LogP contribution in [-0.4, -0.2) is 19.7 Å². The van der Waals surface area contributed by atoms with E-state index in [0.29, 0.717) is 0 Å². The van der Waals surface area contributed by atoms with Gasteiger partial charge in [-0.3, -0.25) is 13.8 Å². The van der Waals surface area contributed by atoms with Gasteiger partial charge in [0.05, 0.1) is 6.61 Å². The molecule has 5 nitrogen and oxygen atoms in total. The van der Waals surface area contributed by atoms with Crippen LogP contribution in [0.15, 0.2) is 0 Å². The maximum atomic E-state index is 11.3. The van der Waals surface area contributed by atoms with Gasteiger partial charge in [-0.1, -0.05) is 6.92 Å². The normalized spacial score (nSPS) is 15.2. The maximum absolute atomic E-state index is 11.3. The monoisotopic (exact) mass is 196 g/mol. The standard InChI is InChI=1S/C6H13O5P/c1-4-6(7)11-12(8,9-3)10-5-2/h4-5H2,1-3H3. The molecule has 0 radical (unpaired) electrons. The number of carbonyl (C=O) groups is 1. The second-order valence-electron chi connectivity index (χ2n) is 1.86. The molecule has 12 heavy (non-hydrogen) atoms. The number of hydrogen-bond donors (Lipinski definition) is 0. The van der Waals surface area contributed by atoms with Gasteiger partial charge in [0.1, 0.15) is 0 Å². The Labute approximate surface area is 71.6 Å². The first kappa shape index (κ1) is 11.6. The second-order valence-corrected chi connectivity index (χ2v) is 3.56. The molecule has 0 amide bonds. The summed E-state index contributed by atoms with van der Waals surface area (Å²) in [5.41, 5.74) is 0. The van der Waals surface area contributed by atoms with Crippen molar-refractivity contribution in [1.29, 1.82) is 0 Å². The fraction of sp³-hybridized carbons (Fsp3) is 0.833. The zero-order valence-corrected chi connectivity index (χ0v) is 8.30. The number of rotatable bonds is 5. The summed E-state index contributed by atoms with van der Waals surface area (Å²) in [6, 6.07) is 0. The van der Waals surface area contributed by atoms with Crippen LogP contribution >= 0.6 is 7.82 Å². The average molecular weight is 196 g/mol. The Hall–Kier alpha value is -0.380. The van der Waals surface area contributed by atoms with Gasteiger partial charge in [-0.25, -0.2) is 4.57 Å². The molecule has 1 unspecified atom stereocenters. The lowest BCUT2D eigenvalue weighted by Crippen LogP contribution is -2.04. The highest BCUT2D eigenvalue weighted by Crippen LogP contribution is 2.48. The molecule has 6 heteroatoms. The van der Waals surface area contributed by atoms with Crippen LogP contribution in [0.25, 0.3) is 0 Å². The predicted octanol–water partition coefficient (Wildman–Crippen LogP) is 1.73. The van der Waals surface area contributed by atoms with E-state index in [9.17, 15) is 9.36 Å². The number of carbonyl (C=O) groups excluding carboxylic acids is 1. The van der Waals surface area contributed by atoms with Crippen molar-refractivity contribution < 1.29 is 22.9 Å². The third kappa shape index (κ3) is 3.85. The van der Waals surface area contributed by atoms with Gasteiger partial charge < -0.3 is 4.52 Å². The van der Waals surface area contributed by atoms with E-state index in [1.165, 1.54) is 7.11 Å². The second kappa shape index (κ2) is 5.30. The Balaban J connectivity index is 4.14. The molecule has 0 aliphatic rings. The van der Waals surface area contributed by atoms with E-state index >= 15 is 0 Å². The van der Waals surface area contributed by atoms with Crippen LogP contribution in [-0.2, 0) is 22.9 Å². The largest absolute Gasteiger partial charge is 0.531 e. The van der Waals surface area contributed by atoms with E-state index in [2.05, 4.69) is 13.6 Å². The first-order valence-electron chi connectivity index (χ1n) is 3.60. The van der Waals surface area contributed by atoms with E-state index in [1.807, 2.05) is 0 Å². The Kier molecular flexibility index (Phi) is 5.13. The van der Waals surface area contributed by atoms with Gasteiger partial charge in [0.25, 0.3) is 0 Å². The number of hydrogen-bond acceptors (Lipinski definition) is 5. The number of phosphoric ester groups is 1. The molecule has 0 aliphatic carbocycles. The molecule has 0 rings (SSSR count). The summed E-state index contributed by atoms with van der Waals surface area (Å²) in [5, 5.41) is 0. The van der Waals surface area contributed by atoms with Gasteiger partial charge in [0.15, 0.2) is 0 Å². The summed E-state index contributed by atoms with van der Waals surface area (Å²) in [7, 11) is -2.46. The van der Waals surface area contributed by atoms with Gasteiger partial charge >= 0.3 is 13.8 Å². The van der Waals surface area contributed by atoms with Crippen LogP contribution in [0.5, 0.6) is 0 Å². The highest BCUT2D eigenvalue weighted by atomic mass is 31.2. The zero-order chi connectivity index (χ0) is 9.61. The smallest absolute Gasteiger partial charge is 0.370 e. The summed E-state index contributed by atoms with van der Waals surface area (Å²) < 4.78 is 24.8. The van der Waals surface area contributed by atoms with E-state index in [-0.39, 0.29) is 13.0 Å². The fourth-order valence-corrected chi connectivity index (χ4v) is 1.39. The predicted molar refractivity (Wildman–Crippen MR) is 42.6 cm³/mol. The van der Waals surface area contributed by atoms with Crippen LogP contribution in [0.3, 0.4) is 0 Å². The van der Waals surface area contributed by atoms with Gasteiger partial charge in [0.2, 0.25) is 0 Å². The Morgan fingerprint density at radius 1 is 1.42 bits per heavy atom. The van der Waals surface area contributed by atoms with Crippen molar-refractivity contribution >= 4 is 13.8 Å². The molecule has 0 saturated heterocycles. The zero-order valence-electron chi connectivity index (χ0n) is 7.40. The molecular formula is C6H13O5P. The van der Waals surface area contributed by atoms with Crippen LogP contribution in [0.2, 0.25) is 0 Å². The molecule has 72 valence electrons. The van der Waals surface area contributed by atoms with Crippen LogP contribution in [0.4, 0.5) is 0 Å². The molecular weight excluding hydrogens is 183 g/mol. The Morgan fingerprint density at radius 2 is 2.00 bits per heavy atom. The van der Waals surface area contributed by atoms with Crippen molar-refractivity contribution in [1.82, 2.24) is 0 Å². The topological polar surface area (TPSA) is 61.8 Å². The Morgan fingerprint density at radius 3 is 2.33 bits per heavy atom. The first-order valence-corrected chi connectivity index (χ1v) is 5.06. The summed E-state index contributed by atoms with van der Waals surface area (Å²) in [6.07, 6.45) is 0.139. The average Bonchev–Trinajstić information content (AvgIpc) is 2.05. The summed E-state index contributed by atoms with van der Waals surface area (Å²) in [6.45, 7) is 3.39. The molecule has 0 N–H and O–H groups in total. The molecule has 0 bridgehead atoms. The van der Waals surface area contributed by atoms with Crippen molar-refractivity contribution in [3.63, 3.8) is 0 Å². The first-order chi connectivity index (χ1) is 5.58. The molecule has 0 aromatic rings. The third-order valence-corrected chi connectivity index (χ3v) is 2.46. The van der Waals surface area contributed by atoms with Crippen molar-refractivity contribution in [2.24, 2.45) is 0 Å². The van der Waals surface area contributed by atoms with E-state index < -0.39 is 13.8 Å². The summed E-state index contributed by atoms with van der Waals surface area (Å²) >= 11 is 0. The quantitative estimate of drug-likeness (QED) is 0.626. The van der Waals surface area contributed by atoms with Gasteiger partial charge in [-0.15, -0.1) is 0 Å². The van der Waals surface area contributed by atoms with Crippen molar-refractivity contribution in [3.05, 3.63) is 0 Å². The van der Waals surface area contributed by atoms with Gasteiger partial charge in [-0.05, 0) is 6.92 Å². The van der Waals surface area contributed by atoms with Crippen LogP contribution in [0, 0.1) is 0 Å². The number of phosphoric acid groups is 1. The molecule has 0 aromatic heterocycles. The minimum Gasteiger partial charge on any atom is -0.370 e.